The summed E-state index contributed by atoms with van der Waals surface area (Å²) in [6, 6.07) is 10.3. The number of benzene rings is 1. The summed E-state index contributed by atoms with van der Waals surface area (Å²) in [5.74, 6) is 0.444. The molecule has 0 heterocycles. The van der Waals surface area contributed by atoms with Gasteiger partial charge in [0.25, 0.3) is 0 Å². The van der Waals surface area contributed by atoms with Crippen molar-refractivity contribution >= 4 is 5.71 Å². The molecule has 0 fully saturated rings. The van der Waals surface area contributed by atoms with Crippen molar-refractivity contribution in [1.82, 2.24) is 5.01 Å². The molecule has 0 radical (unpaired) electrons. The highest BCUT2D eigenvalue weighted by atomic mass is 15.4. The molecule has 0 aliphatic carbocycles. The van der Waals surface area contributed by atoms with E-state index in [1.807, 2.05) is 37.3 Å². The molecular formula is C12H18N2. The summed E-state index contributed by atoms with van der Waals surface area (Å²) in [6.45, 7) is 4.32. The fourth-order valence-electron chi connectivity index (χ4n) is 1.33. The summed E-state index contributed by atoms with van der Waals surface area (Å²) in [5, 5.41) is 6.35. The first kappa shape index (κ1) is 10.8. The Hall–Kier alpha value is -1.31. The van der Waals surface area contributed by atoms with E-state index in [-0.39, 0.29) is 0 Å². The van der Waals surface area contributed by atoms with Gasteiger partial charge in [-0.3, -0.25) is 0 Å². The summed E-state index contributed by atoms with van der Waals surface area (Å²) >= 11 is 0. The largest absolute Gasteiger partial charge is 0.303 e. The Kier molecular flexibility index (Phi) is 3.69. The normalized spacial score (nSPS) is 11.9. The standard InChI is InChI=1S/C12H18N2/c1-10(2)12(13-14(3)4)11-8-6-5-7-9-11/h5-10H,1-4H3. The molecule has 2 heteroatoms. The molecular weight excluding hydrogens is 172 g/mol. The lowest BCUT2D eigenvalue weighted by molar-refractivity contribution is 0.434. The number of hydrogen-bond donors (Lipinski definition) is 0. The molecule has 1 aromatic rings. The monoisotopic (exact) mass is 190 g/mol. The van der Waals surface area contributed by atoms with Crippen LogP contribution in [0.15, 0.2) is 35.4 Å². The molecule has 14 heavy (non-hydrogen) atoms. The van der Waals surface area contributed by atoms with Crippen LogP contribution in [0.3, 0.4) is 0 Å². The van der Waals surface area contributed by atoms with Crippen LogP contribution >= 0.6 is 0 Å². The van der Waals surface area contributed by atoms with Crippen LogP contribution in [-0.2, 0) is 0 Å². The molecule has 0 unspecified atom stereocenters. The SMILES string of the molecule is CC(C)C(=NN(C)C)c1ccccc1. The summed E-state index contributed by atoms with van der Waals surface area (Å²) < 4.78 is 0. The van der Waals surface area contributed by atoms with Crippen LogP contribution < -0.4 is 0 Å². The van der Waals surface area contributed by atoms with E-state index in [9.17, 15) is 0 Å². The fraction of sp³-hybridized carbons (Fsp3) is 0.417. The minimum atomic E-state index is 0.444. The van der Waals surface area contributed by atoms with Gasteiger partial charge in [-0.2, -0.15) is 5.10 Å². The second-order valence-electron chi connectivity index (χ2n) is 3.85. The van der Waals surface area contributed by atoms with Crippen LogP contribution in [0.25, 0.3) is 0 Å². The maximum absolute atomic E-state index is 4.50. The topological polar surface area (TPSA) is 15.6 Å². The summed E-state index contributed by atoms with van der Waals surface area (Å²) in [7, 11) is 3.90. The molecule has 0 aromatic heterocycles. The van der Waals surface area contributed by atoms with Crippen molar-refractivity contribution in [3.05, 3.63) is 35.9 Å². The number of rotatable bonds is 3. The molecule has 0 atom stereocenters. The van der Waals surface area contributed by atoms with E-state index >= 15 is 0 Å². The Bertz CT molecular complexity index is 299. The van der Waals surface area contributed by atoms with Crippen LogP contribution in [0.5, 0.6) is 0 Å². The highest BCUT2D eigenvalue weighted by Crippen LogP contribution is 2.09. The van der Waals surface area contributed by atoms with Gasteiger partial charge in [0.1, 0.15) is 0 Å². The zero-order chi connectivity index (χ0) is 10.6. The molecule has 0 N–H and O–H groups in total. The molecule has 76 valence electrons. The van der Waals surface area contributed by atoms with Gasteiger partial charge >= 0.3 is 0 Å². The van der Waals surface area contributed by atoms with E-state index in [0.29, 0.717) is 5.92 Å². The summed E-state index contributed by atoms with van der Waals surface area (Å²) in [6.07, 6.45) is 0. The quantitative estimate of drug-likeness (QED) is 0.528. The first-order valence-electron chi connectivity index (χ1n) is 4.92. The van der Waals surface area contributed by atoms with Gasteiger partial charge in [0, 0.05) is 14.1 Å². The summed E-state index contributed by atoms with van der Waals surface area (Å²) in [5.41, 5.74) is 2.34. The van der Waals surface area contributed by atoms with Crippen LogP contribution in [-0.4, -0.2) is 24.8 Å². The Morgan fingerprint density at radius 1 is 1.14 bits per heavy atom. The minimum Gasteiger partial charge on any atom is -0.303 e. The van der Waals surface area contributed by atoms with Crippen LogP contribution in [0.2, 0.25) is 0 Å². The average Bonchev–Trinajstić information content (AvgIpc) is 2.15. The van der Waals surface area contributed by atoms with E-state index in [2.05, 4.69) is 31.1 Å². The van der Waals surface area contributed by atoms with Crippen molar-refractivity contribution in [3.8, 4) is 0 Å². The number of hydrogen-bond acceptors (Lipinski definition) is 2. The molecule has 0 aliphatic heterocycles. The Morgan fingerprint density at radius 2 is 1.71 bits per heavy atom. The van der Waals surface area contributed by atoms with Gasteiger partial charge in [0.15, 0.2) is 0 Å². The van der Waals surface area contributed by atoms with Gasteiger partial charge in [0.2, 0.25) is 0 Å². The van der Waals surface area contributed by atoms with E-state index < -0.39 is 0 Å². The first-order chi connectivity index (χ1) is 6.61. The van der Waals surface area contributed by atoms with Crippen LogP contribution in [0.4, 0.5) is 0 Å². The van der Waals surface area contributed by atoms with Crippen molar-refractivity contribution < 1.29 is 0 Å². The molecule has 1 rings (SSSR count). The zero-order valence-electron chi connectivity index (χ0n) is 9.36. The zero-order valence-corrected chi connectivity index (χ0v) is 9.36. The third-order valence-electron chi connectivity index (χ3n) is 1.92. The van der Waals surface area contributed by atoms with Gasteiger partial charge in [-0.25, -0.2) is 0 Å². The Balaban J connectivity index is 3.01. The maximum Gasteiger partial charge on any atom is 0.0702 e. The molecule has 2 nitrogen and oxygen atoms in total. The van der Waals surface area contributed by atoms with Crippen molar-refractivity contribution in [2.24, 2.45) is 11.0 Å². The van der Waals surface area contributed by atoms with Crippen molar-refractivity contribution in [2.75, 3.05) is 14.1 Å². The Morgan fingerprint density at radius 3 is 2.14 bits per heavy atom. The van der Waals surface area contributed by atoms with Gasteiger partial charge < -0.3 is 5.01 Å². The van der Waals surface area contributed by atoms with Crippen molar-refractivity contribution in [2.45, 2.75) is 13.8 Å². The van der Waals surface area contributed by atoms with E-state index in [0.717, 1.165) is 5.71 Å². The average molecular weight is 190 g/mol. The second-order valence-corrected chi connectivity index (χ2v) is 3.85. The first-order valence-corrected chi connectivity index (χ1v) is 4.92. The highest BCUT2D eigenvalue weighted by Gasteiger charge is 2.07. The van der Waals surface area contributed by atoms with Crippen LogP contribution in [0.1, 0.15) is 19.4 Å². The van der Waals surface area contributed by atoms with Crippen molar-refractivity contribution in [1.29, 1.82) is 0 Å². The maximum atomic E-state index is 4.50. The molecule has 0 amide bonds. The predicted octanol–water partition coefficient (Wildman–Crippen LogP) is 2.61. The number of nitrogens with zero attached hydrogens (tertiary/aromatic N) is 2. The van der Waals surface area contributed by atoms with Gasteiger partial charge in [-0.15, -0.1) is 0 Å². The van der Waals surface area contributed by atoms with Gasteiger partial charge in [-0.1, -0.05) is 44.2 Å². The van der Waals surface area contributed by atoms with E-state index in [1.54, 1.807) is 0 Å². The molecule has 0 spiro atoms. The molecule has 1 aromatic carbocycles. The van der Waals surface area contributed by atoms with Gasteiger partial charge in [0.05, 0.1) is 5.71 Å². The van der Waals surface area contributed by atoms with Crippen LogP contribution in [0, 0.1) is 5.92 Å². The molecule has 0 saturated carbocycles. The lowest BCUT2D eigenvalue weighted by atomic mass is 10.0. The smallest absolute Gasteiger partial charge is 0.0702 e. The fourth-order valence-corrected chi connectivity index (χ4v) is 1.33. The molecule has 0 bridgehead atoms. The third kappa shape index (κ3) is 2.87. The predicted molar refractivity (Wildman–Crippen MR) is 61.5 cm³/mol. The third-order valence-corrected chi connectivity index (χ3v) is 1.92. The van der Waals surface area contributed by atoms with Gasteiger partial charge in [-0.05, 0) is 11.5 Å². The van der Waals surface area contributed by atoms with E-state index in [4.69, 9.17) is 0 Å². The lowest BCUT2D eigenvalue weighted by Gasteiger charge is -2.13. The second kappa shape index (κ2) is 4.80. The molecule has 0 aliphatic rings. The summed E-state index contributed by atoms with van der Waals surface area (Å²) in [4.78, 5) is 0. The highest BCUT2D eigenvalue weighted by molar-refractivity contribution is 6.01. The number of hydrazone groups is 1. The van der Waals surface area contributed by atoms with Crippen molar-refractivity contribution in [3.63, 3.8) is 0 Å². The Labute approximate surface area is 86.2 Å². The molecule has 0 saturated heterocycles. The lowest BCUT2D eigenvalue weighted by Crippen LogP contribution is -2.15. The minimum absolute atomic E-state index is 0.444. The van der Waals surface area contributed by atoms with E-state index in [1.165, 1.54) is 5.56 Å².